The first-order chi connectivity index (χ1) is 22.4. The van der Waals surface area contributed by atoms with E-state index < -0.39 is 36.0 Å². The Labute approximate surface area is 272 Å². The van der Waals surface area contributed by atoms with Crippen LogP contribution < -0.4 is 10.1 Å². The number of fused-ring (bicyclic) bond motifs is 1. The second-order valence-electron chi connectivity index (χ2n) is 11.8. The Bertz CT molecular complexity index is 1510. The van der Waals surface area contributed by atoms with E-state index in [-0.39, 0.29) is 81.4 Å². The van der Waals surface area contributed by atoms with E-state index in [2.05, 4.69) is 10.3 Å². The number of piperazine rings is 2. The Morgan fingerprint density at radius 2 is 1.70 bits per heavy atom. The van der Waals surface area contributed by atoms with Crippen molar-refractivity contribution in [2.24, 2.45) is 5.92 Å². The van der Waals surface area contributed by atoms with Gasteiger partial charge in [0.25, 0.3) is 11.8 Å². The number of amides is 5. The lowest BCUT2D eigenvalue weighted by Gasteiger charge is -2.41. The zero-order chi connectivity index (χ0) is 34.2. The number of hydrogen-bond donors (Lipinski definition) is 2. The molecule has 2 aliphatic rings. The van der Waals surface area contributed by atoms with Crippen molar-refractivity contribution in [3.63, 3.8) is 0 Å². The third kappa shape index (κ3) is 8.45. The van der Waals surface area contributed by atoms with Crippen molar-refractivity contribution in [2.45, 2.75) is 45.7 Å². The Balaban J connectivity index is 1.51. The number of pyridine rings is 1. The van der Waals surface area contributed by atoms with Crippen LogP contribution >= 0.6 is 0 Å². The summed E-state index contributed by atoms with van der Waals surface area (Å²) in [6.45, 7) is 6.90. The highest BCUT2D eigenvalue weighted by Gasteiger charge is 2.38. The van der Waals surface area contributed by atoms with E-state index in [9.17, 15) is 33.9 Å². The van der Waals surface area contributed by atoms with Gasteiger partial charge >= 0.3 is 12.1 Å². The summed E-state index contributed by atoms with van der Waals surface area (Å²) in [5.41, 5.74) is 0.308. The van der Waals surface area contributed by atoms with Crippen molar-refractivity contribution >= 4 is 46.6 Å². The van der Waals surface area contributed by atoms with Gasteiger partial charge in [0.05, 0.1) is 12.1 Å². The number of benzene rings is 1. The third-order valence-corrected chi connectivity index (χ3v) is 8.22. The Morgan fingerprint density at radius 3 is 2.36 bits per heavy atom. The van der Waals surface area contributed by atoms with Gasteiger partial charge in [-0.05, 0) is 31.4 Å². The maximum atomic E-state index is 13.5. The fraction of sp³-hybridized carbons (Fsp3) is 0.531. The van der Waals surface area contributed by atoms with Gasteiger partial charge in [0.15, 0.2) is 6.61 Å². The van der Waals surface area contributed by atoms with Crippen LogP contribution in [0.2, 0.25) is 0 Å². The molecule has 15 nitrogen and oxygen atoms in total. The number of likely N-dealkylation sites (N-methyl/N-ethyl adjacent to an activating group) is 1. The molecule has 0 saturated carbocycles. The second-order valence-corrected chi connectivity index (χ2v) is 11.8. The molecule has 2 atom stereocenters. The number of nitrogens with one attached hydrogen (secondary N) is 1. The van der Waals surface area contributed by atoms with Gasteiger partial charge in [0.2, 0.25) is 11.8 Å². The van der Waals surface area contributed by atoms with Crippen LogP contribution in [0.5, 0.6) is 5.75 Å². The largest absolute Gasteiger partial charge is 0.483 e. The number of para-hydroxylation sites is 1. The number of rotatable bonds is 11. The van der Waals surface area contributed by atoms with Crippen LogP contribution in [0.15, 0.2) is 30.3 Å². The van der Waals surface area contributed by atoms with E-state index in [0.717, 1.165) is 0 Å². The van der Waals surface area contributed by atoms with Gasteiger partial charge < -0.3 is 39.5 Å². The number of carbonyl (C=O) groups excluding carboxylic acids is 5. The normalized spacial score (nSPS) is 17.5. The molecule has 2 N–H and O–H groups in total. The number of carboxylic acids is 1. The molecule has 1 aromatic carbocycles. The lowest BCUT2D eigenvalue weighted by Crippen LogP contribution is -2.60. The molecule has 5 amide bonds. The molecule has 47 heavy (non-hydrogen) atoms. The number of carbonyl (C=O) groups is 6. The van der Waals surface area contributed by atoms with Crippen LogP contribution in [-0.2, 0) is 23.9 Å². The molecule has 3 heterocycles. The highest BCUT2D eigenvalue weighted by Crippen LogP contribution is 2.26. The van der Waals surface area contributed by atoms with E-state index in [0.29, 0.717) is 24.0 Å². The van der Waals surface area contributed by atoms with Crippen LogP contribution in [0.25, 0.3) is 10.9 Å². The van der Waals surface area contributed by atoms with E-state index in [1.165, 1.54) is 20.8 Å². The van der Waals surface area contributed by atoms with E-state index in [1.807, 2.05) is 13.8 Å². The van der Waals surface area contributed by atoms with Gasteiger partial charge in [-0.15, -0.1) is 0 Å². The first-order valence-electron chi connectivity index (χ1n) is 15.7. The third-order valence-electron chi connectivity index (χ3n) is 8.22. The topological polar surface area (TPSA) is 179 Å². The standard InChI is InChI=1S/C32H42N6O9/c1-5-46-32(45)37-15-13-36(14-16-37)30(43)23(10-11-27(40)41)34-29(42)24-18-25(21-8-6-7-9-22(21)33-24)47-19-26(39)38-17-12-35(4)31(44)28(38)20(2)3/h6-9,18,20,23,28H,5,10-17,19H2,1-4H3,(H,34,42)(H,40,41)/t23?,28-/m0/s1. The molecule has 0 spiro atoms. The van der Waals surface area contributed by atoms with Gasteiger partial charge in [-0.1, -0.05) is 26.0 Å². The molecular weight excluding hydrogens is 612 g/mol. The Morgan fingerprint density at radius 1 is 1.02 bits per heavy atom. The average molecular weight is 655 g/mol. The number of hydrogen-bond acceptors (Lipinski definition) is 9. The molecule has 2 aromatic rings. The first kappa shape index (κ1) is 34.9. The van der Waals surface area contributed by atoms with Crippen LogP contribution in [0.4, 0.5) is 4.79 Å². The maximum absolute atomic E-state index is 13.5. The molecule has 0 radical (unpaired) electrons. The van der Waals surface area contributed by atoms with Gasteiger partial charge in [-0.3, -0.25) is 24.0 Å². The van der Waals surface area contributed by atoms with Gasteiger partial charge in [-0.25, -0.2) is 9.78 Å². The van der Waals surface area contributed by atoms with Crippen LogP contribution in [0, 0.1) is 5.92 Å². The van der Waals surface area contributed by atoms with Crippen molar-refractivity contribution in [3.05, 3.63) is 36.0 Å². The number of carboxylic acid groups (broad SMARTS) is 1. The number of ether oxygens (including phenoxy) is 2. The van der Waals surface area contributed by atoms with Gasteiger partial charge in [0, 0.05) is 64.2 Å². The lowest BCUT2D eigenvalue weighted by atomic mass is 9.99. The fourth-order valence-electron chi connectivity index (χ4n) is 5.69. The minimum absolute atomic E-state index is 0.0961. The van der Waals surface area contributed by atoms with E-state index in [1.54, 1.807) is 43.1 Å². The predicted octanol–water partition coefficient (Wildman–Crippen LogP) is 1.20. The SMILES string of the molecule is CCOC(=O)N1CCN(C(=O)C(CCC(=O)O)NC(=O)c2cc(OCC(=O)N3CCN(C)C(=O)[C@@H]3C(C)C)c3ccccc3n2)CC1. The van der Waals surface area contributed by atoms with Crippen LogP contribution in [0.1, 0.15) is 44.1 Å². The van der Waals surface area contributed by atoms with Crippen molar-refractivity contribution < 1.29 is 43.3 Å². The Kier molecular flexibility index (Phi) is 11.6. The molecule has 1 unspecified atom stereocenters. The van der Waals surface area contributed by atoms with Crippen molar-refractivity contribution in [1.82, 2.24) is 29.9 Å². The molecule has 0 aliphatic carbocycles. The van der Waals surface area contributed by atoms with Gasteiger partial charge in [-0.2, -0.15) is 0 Å². The monoisotopic (exact) mass is 654 g/mol. The highest BCUT2D eigenvalue weighted by atomic mass is 16.6. The minimum Gasteiger partial charge on any atom is -0.483 e. The first-order valence-corrected chi connectivity index (χ1v) is 15.7. The summed E-state index contributed by atoms with van der Waals surface area (Å²) >= 11 is 0. The summed E-state index contributed by atoms with van der Waals surface area (Å²) < 4.78 is 11.0. The highest BCUT2D eigenvalue weighted by molar-refractivity contribution is 5.99. The lowest BCUT2D eigenvalue weighted by molar-refractivity contribution is -0.153. The molecule has 2 saturated heterocycles. The summed E-state index contributed by atoms with van der Waals surface area (Å²) in [5.74, 6) is -2.75. The Hall–Kier alpha value is -4.95. The number of aliphatic carboxylic acids is 1. The molecule has 1 aromatic heterocycles. The maximum Gasteiger partial charge on any atom is 0.409 e. The summed E-state index contributed by atoms with van der Waals surface area (Å²) in [5, 5.41) is 12.5. The average Bonchev–Trinajstić information content (AvgIpc) is 3.05. The molecule has 2 fully saturated rings. The smallest absolute Gasteiger partial charge is 0.409 e. The summed E-state index contributed by atoms with van der Waals surface area (Å²) in [7, 11) is 1.71. The van der Waals surface area contributed by atoms with Crippen molar-refractivity contribution in [2.75, 3.05) is 59.5 Å². The zero-order valence-corrected chi connectivity index (χ0v) is 27.1. The number of aromatic nitrogens is 1. The van der Waals surface area contributed by atoms with E-state index >= 15 is 0 Å². The van der Waals surface area contributed by atoms with Crippen molar-refractivity contribution in [1.29, 1.82) is 0 Å². The molecule has 4 rings (SSSR count). The van der Waals surface area contributed by atoms with Crippen molar-refractivity contribution in [3.8, 4) is 5.75 Å². The number of nitrogens with zero attached hydrogens (tertiary/aromatic N) is 5. The molecule has 254 valence electrons. The van der Waals surface area contributed by atoms with E-state index in [4.69, 9.17) is 9.47 Å². The summed E-state index contributed by atoms with van der Waals surface area (Å²) in [4.78, 5) is 87.1. The quantitative estimate of drug-likeness (QED) is 0.358. The molecule has 0 bridgehead atoms. The molecule has 2 aliphatic heterocycles. The summed E-state index contributed by atoms with van der Waals surface area (Å²) in [6, 6.07) is 6.47. The van der Waals surface area contributed by atoms with Gasteiger partial charge in [0.1, 0.15) is 23.5 Å². The second kappa shape index (κ2) is 15.6. The minimum atomic E-state index is -1.17. The predicted molar refractivity (Wildman–Crippen MR) is 169 cm³/mol. The zero-order valence-electron chi connectivity index (χ0n) is 27.1. The molecule has 15 heteroatoms. The molecular formula is C32H42N6O9. The fourth-order valence-corrected chi connectivity index (χ4v) is 5.69. The van der Waals surface area contributed by atoms with Crippen LogP contribution in [0.3, 0.4) is 0 Å². The van der Waals surface area contributed by atoms with Crippen LogP contribution in [-0.4, -0.2) is 137 Å². The summed E-state index contributed by atoms with van der Waals surface area (Å²) in [6.07, 6.45) is -1.01.